The first-order valence-corrected chi connectivity index (χ1v) is 8.94. The third-order valence-corrected chi connectivity index (χ3v) is 5.09. The van der Waals surface area contributed by atoms with Crippen molar-refractivity contribution in [2.75, 3.05) is 13.1 Å². The topological polar surface area (TPSA) is 81.0 Å². The van der Waals surface area contributed by atoms with Gasteiger partial charge in [0.2, 0.25) is 0 Å². The molecule has 0 aromatic heterocycles. The Balaban J connectivity index is 1.62. The summed E-state index contributed by atoms with van der Waals surface area (Å²) in [7, 11) is 0. The van der Waals surface area contributed by atoms with Crippen LogP contribution in [0.25, 0.3) is 0 Å². The Hall–Kier alpha value is -2.53. The summed E-state index contributed by atoms with van der Waals surface area (Å²) in [6, 6.07) is 14.1. The molecule has 1 unspecified atom stereocenters. The van der Waals surface area contributed by atoms with E-state index in [4.69, 9.17) is 0 Å². The van der Waals surface area contributed by atoms with Crippen LogP contribution in [0.2, 0.25) is 0 Å². The van der Waals surface area contributed by atoms with Gasteiger partial charge >= 0.3 is 0 Å². The fourth-order valence-electron chi connectivity index (χ4n) is 3.68. The molecule has 3 N–H and O–H groups in total. The molecule has 5 nitrogen and oxygen atoms in total. The van der Waals surface area contributed by atoms with Crippen molar-refractivity contribution in [1.82, 2.24) is 4.90 Å². The maximum absolute atomic E-state index is 12.8. The highest BCUT2D eigenvalue weighted by molar-refractivity contribution is 5.85. The highest BCUT2D eigenvalue weighted by Gasteiger charge is 2.36. The van der Waals surface area contributed by atoms with Gasteiger partial charge in [0.1, 0.15) is 17.1 Å². The quantitative estimate of drug-likeness (QED) is 0.788. The number of phenolic OH excluding ortho intramolecular Hbond substituents is 2. The number of aliphatic hydroxyl groups is 1. The van der Waals surface area contributed by atoms with Crippen LogP contribution in [0.15, 0.2) is 48.5 Å². The molecule has 5 heteroatoms. The van der Waals surface area contributed by atoms with E-state index in [1.165, 1.54) is 6.07 Å². The lowest BCUT2D eigenvalue weighted by Crippen LogP contribution is -2.50. The van der Waals surface area contributed by atoms with Gasteiger partial charge in [-0.3, -0.25) is 4.79 Å². The Bertz CT molecular complexity index is 765. The minimum absolute atomic E-state index is 0.0378. The van der Waals surface area contributed by atoms with E-state index in [-0.39, 0.29) is 29.7 Å². The number of rotatable bonds is 4. The van der Waals surface area contributed by atoms with Crippen LogP contribution in [0, 0.1) is 0 Å². The van der Waals surface area contributed by atoms with E-state index in [1.54, 1.807) is 24.0 Å². The maximum atomic E-state index is 12.8. The van der Waals surface area contributed by atoms with Gasteiger partial charge in [-0.15, -0.1) is 0 Å². The summed E-state index contributed by atoms with van der Waals surface area (Å²) in [6.07, 6.45) is 1.71. The van der Waals surface area contributed by atoms with Crippen LogP contribution in [0.1, 0.15) is 36.8 Å². The van der Waals surface area contributed by atoms with Gasteiger partial charge in [-0.25, -0.2) is 0 Å². The summed E-state index contributed by atoms with van der Waals surface area (Å²) in [6.45, 7) is 2.64. The minimum atomic E-state index is -1.44. The first kappa shape index (κ1) is 18.3. The van der Waals surface area contributed by atoms with Gasteiger partial charge in [-0.1, -0.05) is 36.4 Å². The summed E-state index contributed by atoms with van der Waals surface area (Å²) < 4.78 is 0. The van der Waals surface area contributed by atoms with Crippen LogP contribution >= 0.6 is 0 Å². The van der Waals surface area contributed by atoms with Gasteiger partial charge in [-0.2, -0.15) is 0 Å². The Morgan fingerprint density at radius 1 is 1.12 bits per heavy atom. The second-order valence-corrected chi connectivity index (χ2v) is 7.25. The van der Waals surface area contributed by atoms with Crippen molar-refractivity contribution in [3.05, 3.63) is 59.7 Å². The molecule has 0 radical (unpaired) electrons. The Labute approximate surface area is 153 Å². The van der Waals surface area contributed by atoms with E-state index < -0.39 is 5.60 Å². The molecule has 0 aliphatic carbocycles. The molecule has 0 saturated carbocycles. The molecule has 2 aromatic carbocycles. The molecule has 1 aliphatic rings. The van der Waals surface area contributed by atoms with Crippen molar-refractivity contribution in [2.24, 2.45) is 0 Å². The molecule has 1 amide bonds. The van der Waals surface area contributed by atoms with Gasteiger partial charge in [0, 0.05) is 25.6 Å². The highest BCUT2D eigenvalue weighted by atomic mass is 16.3. The van der Waals surface area contributed by atoms with Crippen LogP contribution in [0.4, 0.5) is 0 Å². The number of aromatic hydroxyl groups is 2. The van der Waals surface area contributed by atoms with Crippen molar-refractivity contribution in [2.45, 2.75) is 37.7 Å². The first-order chi connectivity index (χ1) is 12.4. The number of likely N-dealkylation sites (tertiary alicyclic amines) is 1. The van der Waals surface area contributed by atoms with Crippen LogP contribution < -0.4 is 0 Å². The van der Waals surface area contributed by atoms with Crippen molar-refractivity contribution < 1.29 is 20.1 Å². The van der Waals surface area contributed by atoms with Crippen molar-refractivity contribution in [1.29, 1.82) is 0 Å². The number of nitrogens with zero attached hydrogens (tertiary/aromatic N) is 1. The van der Waals surface area contributed by atoms with E-state index in [1.807, 2.05) is 30.3 Å². The molecular weight excluding hydrogens is 330 g/mol. The van der Waals surface area contributed by atoms with Gasteiger partial charge in [0.05, 0.1) is 0 Å². The molecule has 1 atom stereocenters. The van der Waals surface area contributed by atoms with E-state index in [9.17, 15) is 20.1 Å². The predicted octanol–water partition coefficient (Wildman–Crippen LogP) is 2.80. The molecule has 1 heterocycles. The SMILES string of the molecule is CC(O)(Cc1ccccc1)C(=O)N1CCC(c2ccc(O)cc2O)CC1. The lowest BCUT2D eigenvalue weighted by atomic mass is 9.87. The summed E-state index contributed by atoms with van der Waals surface area (Å²) in [4.78, 5) is 14.5. The third-order valence-electron chi connectivity index (χ3n) is 5.09. The third kappa shape index (κ3) is 3.99. The number of hydrogen-bond donors (Lipinski definition) is 3. The molecule has 1 fully saturated rings. The zero-order valence-electron chi connectivity index (χ0n) is 14.9. The Morgan fingerprint density at radius 3 is 2.38 bits per heavy atom. The maximum Gasteiger partial charge on any atom is 0.254 e. The van der Waals surface area contributed by atoms with Crippen molar-refractivity contribution in [3.8, 4) is 11.5 Å². The van der Waals surface area contributed by atoms with Gasteiger partial charge in [0.15, 0.2) is 0 Å². The molecule has 2 aromatic rings. The Morgan fingerprint density at radius 2 is 1.77 bits per heavy atom. The number of carbonyl (C=O) groups is 1. The Kier molecular flexibility index (Phi) is 5.18. The first-order valence-electron chi connectivity index (χ1n) is 8.94. The smallest absolute Gasteiger partial charge is 0.254 e. The number of phenols is 2. The molecule has 3 rings (SSSR count). The number of amides is 1. The van der Waals surface area contributed by atoms with Gasteiger partial charge in [0.25, 0.3) is 5.91 Å². The number of piperidine rings is 1. The molecule has 1 aliphatic heterocycles. The fraction of sp³-hybridized carbons (Fsp3) is 0.381. The van der Waals surface area contributed by atoms with Crippen molar-refractivity contribution >= 4 is 5.91 Å². The molecule has 0 bridgehead atoms. The zero-order chi connectivity index (χ0) is 18.7. The summed E-state index contributed by atoms with van der Waals surface area (Å²) in [5, 5.41) is 30.1. The minimum Gasteiger partial charge on any atom is -0.508 e. The predicted molar refractivity (Wildman–Crippen MR) is 99.1 cm³/mol. The molecular formula is C21H25NO4. The van der Waals surface area contributed by atoms with E-state index in [0.29, 0.717) is 25.9 Å². The summed E-state index contributed by atoms with van der Waals surface area (Å²) in [5.74, 6) is 0.00938. The average Bonchev–Trinajstić information content (AvgIpc) is 2.62. The van der Waals surface area contributed by atoms with Gasteiger partial charge < -0.3 is 20.2 Å². The monoisotopic (exact) mass is 355 g/mol. The van der Waals surface area contributed by atoms with E-state index in [2.05, 4.69) is 0 Å². The number of carbonyl (C=O) groups excluding carboxylic acids is 1. The van der Waals surface area contributed by atoms with Crippen molar-refractivity contribution in [3.63, 3.8) is 0 Å². The molecule has 0 spiro atoms. The molecule has 138 valence electrons. The van der Waals surface area contributed by atoms with Gasteiger partial charge in [-0.05, 0) is 42.9 Å². The molecule has 26 heavy (non-hydrogen) atoms. The number of benzene rings is 2. The zero-order valence-corrected chi connectivity index (χ0v) is 14.9. The second kappa shape index (κ2) is 7.38. The lowest BCUT2D eigenvalue weighted by Gasteiger charge is -2.36. The average molecular weight is 355 g/mol. The highest BCUT2D eigenvalue weighted by Crippen LogP contribution is 2.36. The van der Waals surface area contributed by atoms with Crippen LogP contribution in [0.3, 0.4) is 0 Å². The standard InChI is InChI=1S/C21H25NO4/c1-21(26,14-15-5-3-2-4-6-15)20(25)22-11-9-16(10-12-22)18-8-7-17(23)13-19(18)24/h2-8,13,16,23-24,26H,9-12,14H2,1H3. The van der Waals surface area contributed by atoms with Crippen LogP contribution in [0.5, 0.6) is 11.5 Å². The summed E-state index contributed by atoms with van der Waals surface area (Å²) >= 11 is 0. The second-order valence-electron chi connectivity index (χ2n) is 7.25. The largest absolute Gasteiger partial charge is 0.508 e. The number of hydrogen-bond acceptors (Lipinski definition) is 4. The van der Waals surface area contributed by atoms with Crippen LogP contribution in [-0.4, -0.2) is 44.8 Å². The fourth-order valence-corrected chi connectivity index (χ4v) is 3.68. The van der Waals surface area contributed by atoms with E-state index in [0.717, 1.165) is 11.1 Å². The normalized spacial score (nSPS) is 17.7. The molecule has 1 saturated heterocycles. The van der Waals surface area contributed by atoms with Crippen LogP contribution in [-0.2, 0) is 11.2 Å². The summed E-state index contributed by atoms with van der Waals surface area (Å²) in [5.41, 5.74) is 0.287. The lowest BCUT2D eigenvalue weighted by molar-refractivity contribution is -0.150. The van der Waals surface area contributed by atoms with E-state index >= 15 is 0 Å².